The third kappa shape index (κ3) is 3.99. The van der Waals surface area contributed by atoms with E-state index < -0.39 is 0 Å². The van der Waals surface area contributed by atoms with Crippen molar-refractivity contribution in [2.24, 2.45) is 11.7 Å². The van der Waals surface area contributed by atoms with Crippen molar-refractivity contribution in [2.75, 3.05) is 0 Å². The van der Waals surface area contributed by atoms with E-state index in [-0.39, 0.29) is 0 Å². The molecule has 0 saturated heterocycles. The minimum absolute atomic E-state index is 0.514. The number of pyridine rings is 1. The quantitative estimate of drug-likeness (QED) is 0.744. The first kappa shape index (κ1) is 10.1. The zero-order valence-corrected chi connectivity index (χ0v) is 8.55. The van der Waals surface area contributed by atoms with Gasteiger partial charge in [0, 0.05) is 18.8 Å². The van der Waals surface area contributed by atoms with E-state index in [1.165, 1.54) is 5.56 Å². The van der Waals surface area contributed by atoms with Gasteiger partial charge in [0.05, 0.1) is 4.99 Å². The summed E-state index contributed by atoms with van der Waals surface area (Å²) >= 11 is 4.85. The molecule has 13 heavy (non-hydrogen) atoms. The topological polar surface area (TPSA) is 38.9 Å². The standard InChI is InChI=1S/C10H14N2S/c1-8(7-10(11)13)6-9-2-4-12-5-3-9/h2-5,8H,6-7H2,1H3,(H2,11,13). The number of hydrogen-bond donors (Lipinski definition) is 1. The van der Waals surface area contributed by atoms with Crippen molar-refractivity contribution >= 4 is 17.2 Å². The number of thiocarbonyl (C=S) groups is 1. The summed E-state index contributed by atoms with van der Waals surface area (Å²) in [6, 6.07) is 4.05. The third-order valence-corrected chi connectivity index (χ3v) is 2.05. The van der Waals surface area contributed by atoms with Crippen LogP contribution in [0.25, 0.3) is 0 Å². The highest BCUT2D eigenvalue weighted by Gasteiger charge is 2.04. The fourth-order valence-corrected chi connectivity index (χ4v) is 1.62. The van der Waals surface area contributed by atoms with Gasteiger partial charge in [-0.3, -0.25) is 4.98 Å². The zero-order valence-electron chi connectivity index (χ0n) is 7.73. The maximum atomic E-state index is 5.47. The molecule has 1 aromatic heterocycles. The Morgan fingerprint density at radius 1 is 1.54 bits per heavy atom. The molecule has 70 valence electrons. The van der Waals surface area contributed by atoms with Crippen molar-refractivity contribution in [3.8, 4) is 0 Å². The molecular weight excluding hydrogens is 180 g/mol. The lowest BCUT2D eigenvalue weighted by Gasteiger charge is -2.09. The second kappa shape index (κ2) is 4.92. The van der Waals surface area contributed by atoms with Crippen LogP contribution < -0.4 is 5.73 Å². The van der Waals surface area contributed by atoms with Crippen LogP contribution >= 0.6 is 12.2 Å². The van der Waals surface area contributed by atoms with E-state index in [1.807, 2.05) is 24.5 Å². The lowest BCUT2D eigenvalue weighted by molar-refractivity contribution is 0.607. The Kier molecular flexibility index (Phi) is 3.83. The molecule has 0 amide bonds. The van der Waals surface area contributed by atoms with Gasteiger partial charge in [-0.25, -0.2) is 0 Å². The molecule has 2 nitrogen and oxygen atoms in total. The Hall–Kier alpha value is -0.960. The van der Waals surface area contributed by atoms with Gasteiger partial charge in [0.1, 0.15) is 0 Å². The molecule has 1 rings (SSSR count). The summed E-state index contributed by atoms with van der Waals surface area (Å²) in [5, 5.41) is 0. The monoisotopic (exact) mass is 194 g/mol. The molecule has 0 aromatic carbocycles. The Morgan fingerprint density at radius 2 is 2.15 bits per heavy atom. The minimum Gasteiger partial charge on any atom is -0.393 e. The van der Waals surface area contributed by atoms with Crippen LogP contribution in [0, 0.1) is 5.92 Å². The largest absolute Gasteiger partial charge is 0.393 e. The molecule has 0 aliphatic heterocycles. The van der Waals surface area contributed by atoms with Gasteiger partial charge < -0.3 is 5.73 Å². The van der Waals surface area contributed by atoms with Crippen LogP contribution in [-0.2, 0) is 6.42 Å². The van der Waals surface area contributed by atoms with Gasteiger partial charge in [0.25, 0.3) is 0 Å². The summed E-state index contributed by atoms with van der Waals surface area (Å²) in [6.07, 6.45) is 5.45. The Labute approximate surface area is 84.2 Å². The molecule has 1 aromatic rings. The van der Waals surface area contributed by atoms with Crippen LogP contribution in [-0.4, -0.2) is 9.97 Å². The summed E-state index contributed by atoms with van der Waals surface area (Å²) in [5.41, 5.74) is 6.76. The van der Waals surface area contributed by atoms with Gasteiger partial charge in [-0.05, 0) is 30.0 Å². The maximum Gasteiger partial charge on any atom is 0.0730 e. The number of hydrogen-bond acceptors (Lipinski definition) is 2. The molecule has 0 aliphatic carbocycles. The summed E-state index contributed by atoms with van der Waals surface area (Å²) in [5.74, 6) is 0.514. The van der Waals surface area contributed by atoms with Crippen molar-refractivity contribution in [2.45, 2.75) is 19.8 Å². The molecule has 3 heteroatoms. The second-order valence-corrected chi connectivity index (χ2v) is 3.86. The first-order valence-corrected chi connectivity index (χ1v) is 4.76. The fraction of sp³-hybridized carbons (Fsp3) is 0.400. The number of nitrogens with two attached hydrogens (primary N) is 1. The first-order valence-electron chi connectivity index (χ1n) is 4.35. The Balaban J connectivity index is 2.45. The highest BCUT2D eigenvalue weighted by molar-refractivity contribution is 7.80. The van der Waals surface area contributed by atoms with Crippen LogP contribution in [0.15, 0.2) is 24.5 Å². The first-order chi connectivity index (χ1) is 6.18. The fourth-order valence-electron chi connectivity index (χ4n) is 1.34. The normalized spacial score (nSPS) is 12.4. The predicted molar refractivity (Wildman–Crippen MR) is 58.5 cm³/mol. The average molecular weight is 194 g/mol. The van der Waals surface area contributed by atoms with E-state index in [0.29, 0.717) is 10.9 Å². The van der Waals surface area contributed by atoms with E-state index in [0.717, 1.165) is 12.8 Å². The molecule has 0 aliphatic rings. The van der Waals surface area contributed by atoms with Crippen LogP contribution in [0.5, 0.6) is 0 Å². The zero-order chi connectivity index (χ0) is 9.68. The highest BCUT2D eigenvalue weighted by Crippen LogP contribution is 2.10. The summed E-state index contributed by atoms with van der Waals surface area (Å²) in [4.78, 5) is 4.56. The maximum absolute atomic E-state index is 5.47. The van der Waals surface area contributed by atoms with E-state index >= 15 is 0 Å². The molecule has 2 N–H and O–H groups in total. The van der Waals surface area contributed by atoms with E-state index in [1.54, 1.807) is 0 Å². The summed E-state index contributed by atoms with van der Waals surface area (Å²) in [6.45, 7) is 2.15. The van der Waals surface area contributed by atoms with Gasteiger partial charge in [-0.1, -0.05) is 19.1 Å². The van der Waals surface area contributed by atoms with Gasteiger partial charge in [0.15, 0.2) is 0 Å². The summed E-state index contributed by atoms with van der Waals surface area (Å²) in [7, 11) is 0. The molecule has 1 atom stereocenters. The number of aromatic nitrogens is 1. The molecule has 0 radical (unpaired) electrons. The van der Waals surface area contributed by atoms with Crippen LogP contribution in [0.2, 0.25) is 0 Å². The van der Waals surface area contributed by atoms with Crippen LogP contribution in [0.3, 0.4) is 0 Å². The lowest BCUT2D eigenvalue weighted by Crippen LogP contribution is -2.13. The van der Waals surface area contributed by atoms with Crippen LogP contribution in [0.1, 0.15) is 18.9 Å². The SMILES string of the molecule is CC(CC(N)=S)Cc1ccncc1. The Morgan fingerprint density at radius 3 is 2.69 bits per heavy atom. The number of rotatable bonds is 4. The smallest absolute Gasteiger partial charge is 0.0730 e. The summed E-state index contributed by atoms with van der Waals surface area (Å²) < 4.78 is 0. The van der Waals surface area contributed by atoms with Gasteiger partial charge in [-0.2, -0.15) is 0 Å². The molecule has 1 unspecified atom stereocenters. The predicted octanol–water partition coefficient (Wildman–Crippen LogP) is 1.94. The molecule has 0 spiro atoms. The van der Waals surface area contributed by atoms with Gasteiger partial charge in [-0.15, -0.1) is 0 Å². The molecular formula is C10H14N2S. The van der Waals surface area contributed by atoms with Gasteiger partial charge >= 0.3 is 0 Å². The molecule has 0 fully saturated rings. The van der Waals surface area contributed by atoms with Crippen molar-refractivity contribution in [1.29, 1.82) is 0 Å². The third-order valence-electron chi connectivity index (χ3n) is 1.88. The van der Waals surface area contributed by atoms with Gasteiger partial charge in [0.2, 0.25) is 0 Å². The van der Waals surface area contributed by atoms with Crippen molar-refractivity contribution in [3.05, 3.63) is 30.1 Å². The van der Waals surface area contributed by atoms with Crippen molar-refractivity contribution in [3.63, 3.8) is 0 Å². The Bertz CT molecular complexity index is 272. The molecule has 0 saturated carbocycles. The lowest BCUT2D eigenvalue weighted by atomic mass is 9.99. The van der Waals surface area contributed by atoms with E-state index in [4.69, 9.17) is 18.0 Å². The second-order valence-electron chi connectivity index (χ2n) is 3.34. The molecule has 0 bridgehead atoms. The van der Waals surface area contributed by atoms with Crippen LogP contribution in [0.4, 0.5) is 0 Å². The van der Waals surface area contributed by atoms with E-state index in [9.17, 15) is 0 Å². The minimum atomic E-state index is 0.514. The average Bonchev–Trinajstić information content (AvgIpc) is 2.04. The van der Waals surface area contributed by atoms with E-state index in [2.05, 4.69) is 11.9 Å². The number of nitrogens with zero attached hydrogens (tertiary/aromatic N) is 1. The highest BCUT2D eigenvalue weighted by atomic mass is 32.1. The van der Waals surface area contributed by atoms with Crippen molar-refractivity contribution < 1.29 is 0 Å². The van der Waals surface area contributed by atoms with Crippen molar-refractivity contribution in [1.82, 2.24) is 4.98 Å². The molecule has 1 heterocycles.